The lowest BCUT2D eigenvalue weighted by Gasteiger charge is -2.19. The van der Waals surface area contributed by atoms with E-state index in [1.165, 1.54) is 13.2 Å². The Hall–Kier alpha value is -3.03. The first-order valence-corrected chi connectivity index (χ1v) is 13.3. The van der Waals surface area contributed by atoms with E-state index in [9.17, 15) is 21.6 Å². The number of likely N-dealkylation sites (tertiary alicyclic amines) is 1. The smallest absolute Gasteiger partial charge is 0.419 e. The van der Waals surface area contributed by atoms with Crippen molar-refractivity contribution in [3.8, 4) is 23.1 Å². The van der Waals surface area contributed by atoms with Crippen LogP contribution in [0.3, 0.4) is 0 Å². The largest absolute Gasteiger partial charge is 0.497 e. The molecule has 13 heteroatoms. The Morgan fingerprint density at radius 3 is 2.41 bits per heavy atom. The van der Waals surface area contributed by atoms with Crippen molar-refractivity contribution < 1.29 is 35.8 Å². The van der Waals surface area contributed by atoms with Gasteiger partial charge in [-0.15, -0.1) is 0 Å². The normalized spacial score (nSPS) is 16.4. The molecule has 1 aromatic heterocycles. The fraction of sp³-hybridized carbons (Fsp3) is 0.292. The molecule has 0 aliphatic carbocycles. The third kappa shape index (κ3) is 6.65. The van der Waals surface area contributed by atoms with E-state index >= 15 is 0 Å². The number of anilines is 1. The molecule has 8 nitrogen and oxygen atoms in total. The molecule has 0 unspecified atom stereocenters. The van der Waals surface area contributed by atoms with Crippen molar-refractivity contribution in [1.82, 2.24) is 9.88 Å². The number of alkyl halides is 3. The first-order chi connectivity index (χ1) is 17.4. The minimum Gasteiger partial charge on any atom is -0.497 e. The van der Waals surface area contributed by atoms with E-state index in [1.807, 2.05) is 11.9 Å². The standard InChI is InChI=1S/C24H23BrF3N3O5S/c1-31-10-9-18(14-31)35-22-11-15(3-8-20(22)24(26,27)28)30-37(32,33)19-12-21(25)23(29-13-19)36-17-6-4-16(34-2)5-7-17/h3-8,11-13,18,30H,9-10,14H2,1-2H3/t18-/m1/s1. The Labute approximate surface area is 220 Å². The molecule has 1 aliphatic heterocycles. The van der Waals surface area contributed by atoms with Gasteiger partial charge in [0.2, 0.25) is 5.88 Å². The van der Waals surface area contributed by atoms with Gasteiger partial charge in [0.1, 0.15) is 28.2 Å². The monoisotopic (exact) mass is 601 g/mol. The molecule has 2 heterocycles. The van der Waals surface area contributed by atoms with Crippen LogP contribution in [-0.4, -0.2) is 51.7 Å². The van der Waals surface area contributed by atoms with Gasteiger partial charge in [-0.3, -0.25) is 4.72 Å². The van der Waals surface area contributed by atoms with Gasteiger partial charge < -0.3 is 19.1 Å². The number of nitrogens with zero attached hydrogens (tertiary/aromatic N) is 2. The number of nitrogens with one attached hydrogen (secondary N) is 1. The van der Waals surface area contributed by atoms with Crippen molar-refractivity contribution in [2.24, 2.45) is 0 Å². The van der Waals surface area contributed by atoms with Crippen molar-refractivity contribution in [3.63, 3.8) is 0 Å². The second-order valence-corrected chi connectivity index (χ2v) is 10.9. The maximum Gasteiger partial charge on any atom is 0.419 e. The second kappa shape index (κ2) is 10.8. The Morgan fingerprint density at radius 1 is 1.11 bits per heavy atom. The summed E-state index contributed by atoms with van der Waals surface area (Å²) in [6.07, 6.45) is -3.45. The summed E-state index contributed by atoms with van der Waals surface area (Å²) in [6, 6.07) is 10.9. The highest BCUT2D eigenvalue weighted by Crippen LogP contribution is 2.39. The molecule has 198 valence electrons. The number of hydrogen-bond donors (Lipinski definition) is 1. The van der Waals surface area contributed by atoms with Crippen LogP contribution in [0.15, 0.2) is 64.1 Å². The summed E-state index contributed by atoms with van der Waals surface area (Å²) in [7, 11) is -0.814. The lowest BCUT2D eigenvalue weighted by molar-refractivity contribution is -0.139. The average molecular weight is 602 g/mol. The molecule has 0 radical (unpaired) electrons. The number of likely N-dealkylation sites (N-methyl/N-ethyl adjacent to an activating group) is 1. The number of pyridine rings is 1. The van der Waals surface area contributed by atoms with Crippen LogP contribution in [0.5, 0.6) is 23.1 Å². The van der Waals surface area contributed by atoms with Gasteiger partial charge in [-0.2, -0.15) is 13.2 Å². The highest BCUT2D eigenvalue weighted by molar-refractivity contribution is 9.10. The summed E-state index contributed by atoms with van der Waals surface area (Å²) in [4.78, 5) is 5.79. The topological polar surface area (TPSA) is 90.0 Å². The molecule has 1 aliphatic rings. The molecule has 0 spiro atoms. The number of halogens is 4. The summed E-state index contributed by atoms with van der Waals surface area (Å²) in [6.45, 7) is 1.16. The minimum absolute atomic E-state index is 0.0796. The highest BCUT2D eigenvalue weighted by Gasteiger charge is 2.36. The average Bonchev–Trinajstić information content (AvgIpc) is 3.24. The minimum atomic E-state index is -4.66. The van der Waals surface area contributed by atoms with Gasteiger partial charge in [0, 0.05) is 19.2 Å². The van der Waals surface area contributed by atoms with E-state index < -0.39 is 33.6 Å². The molecule has 1 fully saturated rings. The van der Waals surface area contributed by atoms with E-state index in [0.29, 0.717) is 31.0 Å². The van der Waals surface area contributed by atoms with Crippen molar-refractivity contribution in [1.29, 1.82) is 0 Å². The predicted octanol–water partition coefficient (Wildman–Crippen LogP) is 5.55. The molecular formula is C24H23BrF3N3O5S. The molecule has 1 N–H and O–H groups in total. The van der Waals surface area contributed by atoms with E-state index in [1.54, 1.807) is 24.3 Å². The SMILES string of the molecule is COc1ccc(Oc2ncc(S(=O)(=O)Nc3ccc(C(F)(F)F)c(O[C@@H]4CCN(C)C4)c3)cc2Br)cc1. The molecule has 2 aromatic carbocycles. The Balaban J connectivity index is 1.54. The van der Waals surface area contributed by atoms with Crippen LogP contribution in [0.4, 0.5) is 18.9 Å². The lowest BCUT2D eigenvalue weighted by atomic mass is 10.1. The van der Waals surface area contributed by atoms with Gasteiger partial charge in [-0.05, 0) is 71.9 Å². The lowest BCUT2D eigenvalue weighted by Crippen LogP contribution is -2.23. The molecular weight excluding hydrogens is 579 g/mol. The number of sulfonamides is 1. The number of benzene rings is 2. The summed E-state index contributed by atoms with van der Waals surface area (Å²) >= 11 is 3.25. The number of ether oxygens (including phenoxy) is 3. The quantitative estimate of drug-likeness (QED) is 0.362. The van der Waals surface area contributed by atoms with Gasteiger partial charge in [0.15, 0.2) is 0 Å². The fourth-order valence-electron chi connectivity index (χ4n) is 3.69. The Kier molecular flexibility index (Phi) is 7.85. The van der Waals surface area contributed by atoms with E-state index in [-0.39, 0.29) is 20.9 Å². The van der Waals surface area contributed by atoms with Gasteiger partial charge in [0.25, 0.3) is 10.0 Å². The van der Waals surface area contributed by atoms with Gasteiger partial charge >= 0.3 is 6.18 Å². The third-order valence-corrected chi connectivity index (χ3v) is 7.46. The van der Waals surface area contributed by atoms with Crippen LogP contribution in [0.25, 0.3) is 0 Å². The van der Waals surface area contributed by atoms with Crippen LogP contribution >= 0.6 is 15.9 Å². The molecule has 1 saturated heterocycles. The Bertz CT molecular complexity index is 1370. The van der Waals surface area contributed by atoms with E-state index in [4.69, 9.17) is 14.2 Å². The van der Waals surface area contributed by atoms with Gasteiger partial charge in [-0.25, -0.2) is 13.4 Å². The molecule has 1 atom stereocenters. The molecule has 0 amide bonds. The number of hydrogen-bond acceptors (Lipinski definition) is 7. The molecule has 4 rings (SSSR count). The third-order valence-electron chi connectivity index (χ3n) is 5.55. The van der Waals surface area contributed by atoms with Crippen LogP contribution in [0, 0.1) is 0 Å². The van der Waals surface area contributed by atoms with Crippen LogP contribution < -0.4 is 18.9 Å². The zero-order valence-electron chi connectivity index (χ0n) is 19.8. The van der Waals surface area contributed by atoms with E-state index in [0.717, 1.165) is 24.4 Å². The van der Waals surface area contributed by atoms with Gasteiger partial charge in [0.05, 0.1) is 29.0 Å². The van der Waals surface area contributed by atoms with Crippen molar-refractivity contribution >= 4 is 31.6 Å². The van der Waals surface area contributed by atoms with Crippen LogP contribution in [0.2, 0.25) is 0 Å². The van der Waals surface area contributed by atoms with Crippen molar-refractivity contribution in [2.75, 3.05) is 32.0 Å². The van der Waals surface area contributed by atoms with Crippen molar-refractivity contribution in [2.45, 2.75) is 23.6 Å². The number of methoxy groups -OCH3 is 1. The first kappa shape index (κ1) is 27.0. The summed E-state index contributed by atoms with van der Waals surface area (Å²) < 4.78 is 85.6. The zero-order valence-corrected chi connectivity index (χ0v) is 22.2. The second-order valence-electron chi connectivity index (χ2n) is 8.34. The maximum absolute atomic E-state index is 13.5. The summed E-state index contributed by atoms with van der Waals surface area (Å²) in [5.74, 6) is 0.777. The fourth-order valence-corrected chi connectivity index (χ4v) is 5.29. The van der Waals surface area contributed by atoms with Gasteiger partial charge in [-0.1, -0.05) is 0 Å². The first-order valence-electron chi connectivity index (χ1n) is 11.0. The number of aromatic nitrogens is 1. The molecule has 3 aromatic rings. The zero-order chi connectivity index (χ0) is 26.8. The van der Waals surface area contributed by atoms with Crippen LogP contribution in [0.1, 0.15) is 12.0 Å². The maximum atomic E-state index is 13.5. The summed E-state index contributed by atoms with van der Waals surface area (Å²) in [5, 5.41) is 0. The highest BCUT2D eigenvalue weighted by atomic mass is 79.9. The molecule has 37 heavy (non-hydrogen) atoms. The summed E-state index contributed by atoms with van der Waals surface area (Å²) in [5.41, 5.74) is -1.06. The van der Waals surface area contributed by atoms with Crippen LogP contribution in [-0.2, 0) is 16.2 Å². The molecule has 0 saturated carbocycles. The predicted molar refractivity (Wildman–Crippen MR) is 134 cm³/mol. The Morgan fingerprint density at radius 2 is 1.81 bits per heavy atom. The number of rotatable bonds is 8. The molecule has 0 bridgehead atoms. The van der Waals surface area contributed by atoms with E-state index in [2.05, 4.69) is 25.6 Å². The van der Waals surface area contributed by atoms with Crippen molar-refractivity contribution in [3.05, 3.63) is 64.8 Å².